The Morgan fingerprint density at radius 1 is 1.33 bits per heavy atom. The molecule has 3 N–H and O–H groups in total. The van der Waals surface area contributed by atoms with Gasteiger partial charge >= 0.3 is 0 Å². The monoisotopic (exact) mass is 255 g/mol. The van der Waals surface area contributed by atoms with Gasteiger partial charge < -0.3 is 0 Å². The number of fused-ring (bicyclic) bond motifs is 1. The number of carbonyl (C=O) groups is 3. The molecule has 0 unspecified atom stereocenters. The van der Waals surface area contributed by atoms with E-state index in [9.17, 15) is 23.2 Å². The van der Waals surface area contributed by atoms with Gasteiger partial charge in [-0.05, 0) is 6.07 Å². The van der Waals surface area contributed by atoms with E-state index in [-0.39, 0.29) is 5.69 Å². The summed E-state index contributed by atoms with van der Waals surface area (Å²) in [5.74, 6) is -0.239. The molecule has 0 saturated carbocycles. The average Bonchev–Trinajstić information content (AvgIpc) is 2.54. The van der Waals surface area contributed by atoms with E-state index in [0.29, 0.717) is 11.0 Å². The molecule has 0 saturated heterocycles. The molecular formula is C10H7F2N3O3. The van der Waals surface area contributed by atoms with Gasteiger partial charge in [-0.1, -0.05) is 0 Å². The van der Waals surface area contributed by atoms with Gasteiger partial charge in [0.25, 0.3) is 17.6 Å². The highest BCUT2D eigenvalue weighted by Gasteiger charge is 2.39. The van der Waals surface area contributed by atoms with Crippen molar-refractivity contribution in [2.45, 2.75) is 0 Å². The molecule has 0 fully saturated rings. The fraction of sp³-hybridized carbons (Fsp3) is 0.100. The van der Waals surface area contributed by atoms with Crippen LogP contribution in [0.1, 0.15) is 10.4 Å². The molecule has 8 heteroatoms. The summed E-state index contributed by atoms with van der Waals surface area (Å²) in [6.45, 7) is -0.586. The Kier molecular flexibility index (Phi) is 2.79. The molecule has 2 amide bonds. The van der Waals surface area contributed by atoms with Gasteiger partial charge in [-0.25, -0.2) is 14.6 Å². The first kappa shape index (κ1) is 12.1. The van der Waals surface area contributed by atoms with Crippen LogP contribution in [0.3, 0.4) is 0 Å². The summed E-state index contributed by atoms with van der Waals surface area (Å²) >= 11 is 0. The fourth-order valence-corrected chi connectivity index (χ4v) is 1.68. The molecule has 6 nitrogen and oxygen atoms in total. The van der Waals surface area contributed by atoms with Gasteiger partial charge in [-0.15, -0.1) is 0 Å². The number of Topliss-reactive ketones (excluding diaryl/α,β-unsaturated/α-hetero) is 1. The maximum Gasteiger partial charge on any atom is 0.300 e. The number of carbonyl (C=O) groups excluding carboxylic acids is 3. The summed E-state index contributed by atoms with van der Waals surface area (Å²) in [6, 6.07) is 1.31. The second-order valence-corrected chi connectivity index (χ2v) is 3.57. The zero-order valence-corrected chi connectivity index (χ0v) is 8.87. The van der Waals surface area contributed by atoms with E-state index < -0.39 is 41.3 Å². The van der Waals surface area contributed by atoms with Crippen LogP contribution in [0.4, 0.5) is 14.5 Å². The topological polar surface area (TPSA) is 92.5 Å². The molecule has 0 spiro atoms. The number of nitrogens with two attached hydrogens (primary N) is 1. The quantitative estimate of drug-likeness (QED) is 0.322. The summed E-state index contributed by atoms with van der Waals surface area (Å²) in [5, 5.41) is 0. The summed E-state index contributed by atoms with van der Waals surface area (Å²) in [5.41, 5.74) is 0.948. The molecule has 1 aliphatic rings. The van der Waals surface area contributed by atoms with Crippen LogP contribution in [0.2, 0.25) is 0 Å². The lowest BCUT2D eigenvalue weighted by atomic mass is 10.1. The third kappa shape index (κ3) is 1.72. The smallest absolute Gasteiger partial charge is 0.295 e. The molecular weight excluding hydrogens is 248 g/mol. The Labute approximate surface area is 99.3 Å². The zero-order valence-electron chi connectivity index (χ0n) is 8.87. The van der Waals surface area contributed by atoms with Crippen molar-refractivity contribution in [3.8, 4) is 0 Å². The van der Waals surface area contributed by atoms with Crippen LogP contribution in [0.5, 0.6) is 0 Å². The molecule has 94 valence electrons. The molecule has 0 aliphatic carbocycles. The van der Waals surface area contributed by atoms with Gasteiger partial charge in [0.1, 0.15) is 18.2 Å². The van der Waals surface area contributed by atoms with Gasteiger partial charge in [-0.2, -0.15) is 0 Å². The van der Waals surface area contributed by atoms with Gasteiger partial charge in [0.15, 0.2) is 0 Å². The molecule has 0 atom stereocenters. The third-order valence-electron chi connectivity index (χ3n) is 2.45. The van der Waals surface area contributed by atoms with E-state index in [2.05, 4.69) is 0 Å². The number of hydrazine groups is 1. The molecule has 0 bridgehead atoms. The zero-order chi connectivity index (χ0) is 13.4. The molecule has 1 aliphatic heterocycles. The summed E-state index contributed by atoms with van der Waals surface area (Å²) in [4.78, 5) is 34.8. The summed E-state index contributed by atoms with van der Waals surface area (Å²) in [7, 11) is 0. The number of benzene rings is 1. The molecule has 0 radical (unpaired) electrons. The van der Waals surface area contributed by atoms with Crippen molar-refractivity contribution in [2.75, 3.05) is 11.4 Å². The van der Waals surface area contributed by atoms with Crippen molar-refractivity contribution >= 4 is 23.3 Å². The largest absolute Gasteiger partial charge is 0.300 e. The number of anilines is 1. The minimum Gasteiger partial charge on any atom is -0.295 e. The number of nitrogens with zero attached hydrogens (tertiary/aromatic N) is 1. The Morgan fingerprint density at radius 3 is 2.61 bits per heavy atom. The molecule has 2 rings (SSSR count). The van der Waals surface area contributed by atoms with Gasteiger partial charge in [0, 0.05) is 6.07 Å². The van der Waals surface area contributed by atoms with Crippen molar-refractivity contribution in [3.05, 3.63) is 29.3 Å². The van der Waals surface area contributed by atoms with Crippen LogP contribution >= 0.6 is 0 Å². The number of ketones is 1. The first-order valence-electron chi connectivity index (χ1n) is 4.80. The normalized spacial score (nSPS) is 13.8. The predicted molar refractivity (Wildman–Crippen MR) is 55.4 cm³/mol. The molecule has 1 aromatic rings. The maximum atomic E-state index is 13.4. The highest BCUT2D eigenvalue weighted by molar-refractivity contribution is 6.52. The first-order valence-corrected chi connectivity index (χ1v) is 4.80. The van der Waals surface area contributed by atoms with Crippen molar-refractivity contribution in [1.29, 1.82) is 0 Å². The van der Waals surface area contributed by atoms with E-state index in [4.69, 9.17) is 5.84 Å². The predicted octanol–water partition coefficient (Wildman–Crippen LogP) is -0.516. The van der Waals surface area contributed by atoms with Crippen molar-refractivity contribution in [2.24, 2.45) is 5.84 Å². The summed E-state index contributed by atoms with van der Waals surface area (Å²) < 4.78 is 26.5. The lowest BCUT2D eigenvalue weighted by Gasteiger charge is -2.14. The number of amides is 2. The van der Waals surface area contributed by atoms with E-state index in [1.165, 1.54) is 0 Å². The molecule has 1 heterocycles. The Hall–Kier alpha value is -2.35. The van der Waals surface area contributed by atoms with Crippen molar-refractivity contribution in [1.82, 2.24) is 5.43 Å². The Bertz CT molecular complexity index is 574. The minimum atomic E-state index is -1.14. The number of nitrogens with one attached hydrogen (secondary N) is 1. The van der Waals surface area contributed by atoms with Gasteiger partial charge in [0.2, 0.25) is 0 Å². The number of halogens is 2. The second kappa shape index (κ2) is 4.15. The van der Waals surface area contributed by atoms with Gasteiger partial charge in [-0.3, -0.25) is 24.7 Å². The van der Waals surface area contributed by atoms with Crippen LogP contribution < -0.4 is 16.2 Å². The molecule has 1 aromatic carbocycles. The Balaban J connectivity index is 2.51. The maximum absolute atomic E-state index is 13.4. The SMILES string of the molecule is NNC(=O)CN1C(=O)C(=O)c2c(F)cc(F)cc21. The number of hydrogen-bond acceptors (Lipinski definition) is 4. The van der Waals surface area contributed by atoms with Crippen LogP contribution in [-0.4, -0.2) is 24.1 Å². The fourth-order valence-electron chi connectivity index (χ4n) is 1.68. The average molecular weight is 255 g/mol. The standard InChI is InChI=1S/C10H7F2N3O3/c11-4-1-5(12)8-6(2-4)15(3-7(16)14-13)10(18)9(8)17/h1-2H,3,13H2,(H,14,16). The van der Waals surface area contributed by atoms with Crippen LogP contribution in [0.15, 0.2) is 12.1 Å². The van der Waals surface area contributed by atoms with Crippen LogP contribution in [-0.2, 0) is 9.59 Å². The van der Waals surface area contributed by atoms with E-state index in [1.54, 1.807) is 5.43 Å². The van der Waals surface area contributed by atoms with Crippen molar-refractivity contribution < 1.29 is 23.2 Å². The van der Waals surface area contributed by atoms with E-state index in [1.807, 2.05) is 0 Å². The van der Waals surface area contributed by atoms with E-state index in [0.717, 1.165) is 6.07 Å². The minimum absolute atomic E-state index is 0.272. The van der Waals surface area contributed by atoms with Crippen molar-refractivity contribution in [3.63, 3.8) is 0 Å². The highest BCUT2D eigenvalue weighted by atomic mass is 19.1. The Morgan fingerprint density at radius 2 is 2.00 bits per heavy atom. The number of hydrogen-bond donors (Lipinski definition) is 2. The number of rotatable bonds is 2. The van der Waals surface area contributed by atoms with Crippen LogP contribution in [0, 0.1) is 11.6 Å². The lowest BCUT2D eigenvalue weighted by Crippen LogP contribution is -2.42. The lowest BCUT2D eigenvalue weighted by molar-refractivity contribution is -0.122. The third-order valence-corrected chi connectivity index (χ3v) is 2.45. The molecule has 18 heavy (non-hydrogen) atoms. The molecule has 0 aromatic heterocycles. The first-order chi connectivity index (χ1) is 8.45. The van der Waals surface area contributed by atoms with E-state index >= 15 is 0 Å². The van der Waals surface area contributed by atoms with Gasteiger partial charge in [0.05, 0.1) is 11.3 Å². The summed E-state index contributed by atoms with van der Waals surface area (Å²) in [6.07, 6.45) is 0. The van der Waals surface area contributed by atoms with Crippen LogP contribution in [0.25, 0.3) is 0 Å². The second-order valence-electron chi connectivity index (χ2n) is 3.57. The highest BCUT2D eigenvalue weighted by Crippen LogP contribution is 2.31.